The molecule has 5 rings (SSSR count). The van der Waals surface area contributed by atoms with Gasteiger partial charge in [-0.3, -0.25) is 10.1 Å². The maximum atomic E-state index is 11.0. The Morgan fingerprint density at radius 1 is 0.757 bits per heavy atom. The molecule has 0 radical (unpaired) electrons. The monoisotopic (exact) mass is 492 g/mol. The third kappa shape index (κ3) is 6.11. The van der Waals surface area contributed by atoms with Crippen molar-refractivity contribution in [2.45, 2.75) is 0 Å². The molecule has 2 heterocycles. The van der Waals surface area contributed by atoms with Crippen molar-refractivity contribution in [1.29, 1.82) is 0 Å². The Hall–Kier alpha value is -5.58. The number of para-hydroxylation sites is 2. The minimum Gasteiger partial charge on any atom is -0.455 e. The molecule has 0 spiro atoms. The van der Waals surface area contributed by atoms with Crippen molar-refractivity contribution in [3.8, 4) is 11.3 Å². The van der Waals surface area contributed by atoms with Gasteiger partial charge in [0.15, 0.2) is 0 Å². The zero-order valence-electron chi connectivity index (χ0n) is 19.3. The van der Waals surface area contributed by atoms with E-state index in [1.54, 1.807) is 24.3 Å². The molecule has 0 amide bonds. The molecule has 11 heteroatoms. The first-order valence-electron chi connectivity index (χ1n) is 11.2. The molecule has 0 aliphatic heterocycles. The molecule has 2 aromatic heterocycles. The highest BCUT2D eigenvalue weighted by Crippen LogP contribution is 2.25. The molecule has 0 bridgehead atoms. The van der Waals surface area contributed by atoms with Gasteiger partial charge in [0.1, 0.15) is 11.5 Å². The van der Waals surface area contributed by atoms with Crippen molar-refractivity contribution in [1.82, 2.24) is 15.0 Å². The Balaban J connectivity index is 1.34. The lowest BCUT2D eigenvalue weighted by Crippen LogP contribution is -2.07. The fourth-order valence-corrected chi connectivity index (χ4v) is 3.34. The van der Waals surface area contributed by atoms with E-state index in [1.807, 2.05) is 60.7 Å². The van der Waals surface area contributed by atoms with E-state index in [0.29, 0.717) is 29.0 Å². The molecule has 0 unspecified atom stereocenters. The van der Waals surface area contributed by atoms with Crippen LogP contribution in [0.5, 0.6) is 0 Å². The lowest BCUT2D eigenvalue weighted by atomic mass is 10.1. The number of nitro groups is 1. The third-order valence-electron chi connectivity index (χ3n) is 5.02. The van der Waals surface area contributed by atoms with Crippen LogP contribution in [0.3, 0.4) is 0 Å². The molecule has 11 nitrogen and oxygen atoms in total. The number of nitrogens with zero attached hydrogens (tertiary/aromatic N) is 5. The van der Waals surface area contributed by atoms with E-state index in [2.05, 4.69) is 36.1 Å². The number of benzene rings is 3. The summed E-state index contributed by atoms with van der Waals surface area (Å²) in [5.41, 5.74) is 5.01. The van der Waals surface area contributed by atoms with Crippen LogP contribution < -0.4 is 16.1 Å². The lowest BCUT2D eigenvalue weighted by Gasteiger charge is -2.10. The van der Waals surface area contributed by atoms with E-state index in [-0.39, 0.29) is 11.6 Å². The summed E-state index contributed by atoms with van der Waals surface area (Å²) < 4.78 is 5.76. The zero-order valence-corrected chi connectivity index (χ0v) is 19.3. The molecule has 182 valence electrons. The molecule has 5 aromatic rings. The smallest absolute Gasteiger partial charge is 0.270 e. The van der Waals surface area contributed by atoms with Gasteiger partial charge in [-0.1, -0.05) is 48.5 Å². The van der Waals surface area contributed by atoms with Crippen LogP contribution >= 0.6 is 0 Å². The van der Waals surface area contributed by atoms with Gasteiger partial charge < -0.3 is 15.1 Å². The predicted molar refractivity (Wildman–Crippen MR) is 141 cm³/mol. The molecule has 0 aliphatic carbocycles. The van der Waals surface area contributed by atoms with Gasteiger partial charge in [-0.15, -0.1) is 0 Å². The van der Waals surface area contributed by atoms with Crippen LogP contribution in [0.2, 0.25) is 0 Å². The lowest BCUT2D eigenvalue weighted by molar-refractivity contribution is -0.384. The van der Waals surface area contributed by atoms with Gasteiger partial charge in [-0.2, -0.15) is 20.1 Å². The second kappa shape index (κ2) is 10.8. The van der Waals surface area contributed by atoms with Gasteiger partial charge in [-0.05, 0) is 36.4 Å². The number of nitrogens with one attached hydrogen (secondary N) is 3. The molecule has 0 aliphatic rings. The number of aromatic nitrogens is 3. The third-order valence-corrected chi connectivity index (χ3v) is 5.02. The summed E-state index contributed by atoms with van der Waals surface area (Å²) in [7, 11) is 0. The number of nitro benzene ring substituents is 1. The van der Waals surface area contributed by atoms with Crippen LogP contribution in [0.1, 0.15) is 5.76 Å². The molecule has 0 saturated carbocycles. The van der Waals surface area contributed by atoms with Crippen molar-refractivity contribution in [3.05, 3.63) is 113 Å². The minimum absolute atomic E-state index is 0.0135. The summed E-state index contributed by atoms with van der Waals surface area (Å²) in [4.78, 5) is 23.8. The summed E-state index contributed by atoms with van der Waals surface area (Å²) in [6.45, 7) is 0. The maximum Gasteiger partial charge on any atom is 0.270 e. The second-order valence-electron chi connectivity index (χ2n) is 7.67. The number of anilines is 5. The highest BCUT2D eigenvalue weighted by Gasteiger charge is 2.10. The normalized spacial score (nSPS) is 10.8. The molecule has 3 aromatic carbocycles. The number of hydrazone groups is 1. The van der Waals surface area contributed by atoms with Gasteiger partial charge in [0.05, 0.1) is 11.1 Å². The highest BCUT2D eigenvalue weighted by molar-refractivity contribution is 5.78. The van der Waals surface area contributed by atoms with Crippen molar-refractivity contribution in [2.75, 3.05) is 16.1 Å². The van der Waals surface area contributed by atoms with E-state index in [1.165, 1.54) is 18.3 Å². The fraction of sp³-hybridized carbons (Fsp3) is 0. The van der Waals surface area contributed by atoms with E-state index in [4.69, 9.17) is 4.42 Å². The van der Waals surface area contributed by atoms with Gasteiger partial charge >= 0.3 is 0 Å². The van der Waals surface area contributed by atoms with Crippen LogP contribution in [0, 0.1) is 10.1 Å². The van der Waals surface area contributed by atoms with Crippen molar-refractivity contribution >= 4 is 41.1 Å². The Bertz CT molecular complexity index is 1480. The molecular weight excluding hydrogens is 472 g/mol. The number of rotatable bonds is 9. The second-order valence-corrected chi connectivity index (χ2v) is 7.67. The number of hydrogen-bond donors (Lipinski definition) is 3. The Labute approximate surface area is 211 Å². The van der Waals surface area contributed by atoms with Crippen LogP contribution in [0.4, 0.5) is 34.9 Å². The van der Waals surface area contributed by atoms with Gasteiger partial charge in [0, 0.05) is 29.1 Å². The first-order valence-corrected chi connectivity index (χ1v) is 11.2. The molecule has 0 saturated heterocycles. The average Bonchev–Trinajstić information content (AvgIpc) is 3.39. The van der Waals surface area contributed by atoms with Crippen molar-refractivity contribution in [2.24, 2.45) is 5.10 Å². The zero-order chi connectivity index (χ0) is 25.5. The van der Waals surface area contributed by atoms with Gasteiger partial charge in [0.2, 0.25) is 17.8 Å². The van der Waals surface area contributed by atoms with Crippen molar-refractivity contribution in [3.63, 3.8) is 0 Å². The van der Waals surface area contributed by atoms with Crippen LogP contribution in [-0.2, 0) is 0 Å². The van der Waals surface area contributed by atoms with E-state index in [0.717, 1.165) is 11.4 Å². The fourth-order valence-electron chi connectivity index (χ4n) is 3.34. The minimum atomic E-state index is -0.449. The molecule has 0 atom stereocenters. The van der Waals surface area contributed by atoms with Gasteiger partial charge in [0.25, 0.3) is 5.69 Å². The largest absolute Gasteiger partial charge is 0.455 e. The van der Waals surface area contributed by atoms with Crippen LogP contribution in [0.25, 0.3) is 11.3 Å². The Morgan fingerprint density at radius 3 is 2.00 bits per heavy atom. The summed E-state index contributed by atoms with van der Waals surface area (Å²) in [6.07, 6.45) is 1.46. The number of furan rings is 1. The first-order chi connectivity index (χ1) is 18.1. The Kier molecular flexibility index (Phi) is 6.75. The van der Waals surface area contributed by atoms with Gasteiger partial charge in [-0.25, -0.2) is 5.43 Å². The van der Waals surface area contributed by atoms with Crippen molar-refractivity contribution < 1.29 is 9.34 Å². The predicted octanol–water partition coefficient (Wildman–Crippen LogP) is 5.97. The van der Waals surface area contributed by atoms with E-state index >= 15 is 0 Å². The number of non-ortho nitro benzene ring substituents is 1. The quantitative estimate of drug-likeness (QED) is 0.129. The summed E-state index contributed by atoms with van der Waals surface area (Å²) in [5.74, 6) is 1.77. The van der Waals surface area contributed by atoms with E-state index in [9.17, 15) is 10.1 Å². The first kappa shape index (κ1) is 23.2. The molecule has 3 N–H and O–H groups in total. The number of hydrogen-bond acceptors (Lipinski definition) is 10. The summed E-state index contributed by atoms with van der Waals surface area (Å²) >= 11 is 0. The summed E-state index contributed by atoms with van der Waals surface area (Å²) in [6, 6.07) is 28.7. The summed E-state index contributed by atoms with van der Waals surface area (Å²) in [5, 5.41) is 21.5. The highest BCUT2D eigenvalue weighted by atomic mass is 16.6. The SMILES string of the molecule is O=[N+]([O-])c1cccc(-c2ccc(C=NNc3nc(Nc4ccccc4)nc(Nc4ccccc4)n3)o2)c1. The van der Waals surface area contributed by atoms with Crippen LogP contribution in [0.15, 0.2) is 107 Å². The molecule has 37 heavy (non-hydrogen) atoms. The molecular formula is C26H20N8O3. The van der Waals surface area contributed by atoms with E-state index < -0.39 is 4.92 Å². The standard InChI is InChI=1S/C26H20N8O3/c35-34(36)21-13-7-8-18(16-21)23-15-14-22(37-23)17-27-33-26-31-24(28-19-9-3-1-4-10-19)30-25(32-26)29-20-11-5-2-6-12-20/h1-17H,(H3,28,29,30,31,32,33). The van der Waals surface area contributed by atoms with Crippen LogP contribution in [-0.4, -0.2) is 26.1 Å². The maximum absolute atomic E-state index is 11.0. The Morgan fingerprint density at radius 2 is 1.38 bits per heavy atom. The molecule has 0 fully saturated rings. The topological polar surface area (TPSA) is 143 Å². The average molecular weight is 492 g/mol.